The van der Waals surface area contributed by atoms with Crippen molar-refractivity contribution in [1.29, 1.82) is 5.26 Å². The van der Waals surface area contributed by atoms with E-state index < -0.39 is 6.10 Å². The molecule has 1 unspecified atom stereocenters. The van der Waals surface area contributed by atoms with E-state index in [-0.39, 0.29) is 6.61 Å². The molecule has 5 nitrogen and oxygen atoms in total. The highest BCUT2D eigenvalue weighted by Gasteiger charge is 2.15. The van der Waals surface area contributed by atoms with Crippen molar-refractivity contribution in [2.75, 3.05) is 39.3 Å². The Bertz CT molecular complexity index is 478. The molecule has 1 aliphatic heterocycles. The van der Waals surface area contributed by atoms with Crippen molar-refractivity contribution < 1.29 is 9.84 Å². The van der Waals surface area contributed by atoms with Gasteiger partial charge < -0.3 is 15.2 Å². The molecular formula is C15H21N3O2. The molecule has 1 aromatic rings. The number of aryl methyl sites for hydroxylation is 1. The maximum Gasteiger partial charge on any atom is 0.123 e. The molecule has 1 aromatic carbocycles. The van der Waals surface area contributed by atoms with Crippen molar-refractivity contribution in [3.05, 3.63) is 29.3 Å². The first-order chi connectivity index (χ1) is 9.69. The summed E-state index contributed by atoms with van der Waals surface area (Å²) < 4.78 is 5.64. The van der Waals surface area contributed by atoms with Gasteiger partial charge in [-0.2, -0.15) is 5.26 Å². The summed E-state index contributed by atoms with van der Waals surface area (Å²) in [7, 11) is 0. The van der Waals surface area contributed by atoms with E-state index in [1.165, 1.54) is 0 Å². The summed E-state index contributed by atoms with van der Waals surface area (Å²) in [4.78, 5) is 2.23. The largest absolute Gasteiger partial charge is 0.491 e. The number of nitrogens with zero attached hydrogens (tertiary/aromatic N) is 2. The minimum absolute atomic E-state index is 0.250. The minimum Gasteiger partial charge on any atom is -0.491 e. The first-order valence-electron chi connectivity index (χ1n) is 6.93. The zero-order chi connectivity index (χ0) is 14.4. The van der Waals surface area contributed by atoms with Crippen LogP contribution in [0.4, 0.5) is 0 Å². The Kier molecular flexibility index (Phi) is 5.36. The first-order valence-corrected chi connectivity index (χ1v) is 6.93. The van der Waals surface area contributed by atoms with E-state index in [1.54, 1.807) is 12.1 Å². The second-order valence-electron chi connectivity index (χ2n) is 5.11. The van der Waals surface area contributed by atoms with E-state index in [0.29, 0.717) is 17.9 Å². The third-order valence-electron chi connectivity index (χ3n) is 3.43. The van der Waals surface area contributed by atoms with Crippen LogP contribution in [0, 0.1) is 18.3 Å². The maximum absolute atomic E-state index is 10.0. The van der Waals surface area contributed by atoms with Gasteiger partial charge in [0.2, 0.25) is 0 Å². The normalized spacial score (nSPS) is 17.4. The second kappa shape index (κ2) is 7.25. The van der Waals surface area contributed by atoms with Gasteiger partial charge in [0.25, 0.3) is 0 Å². The minimum atomic E-state index is -0.516. The molecule has 5 heteroatoms. The van der Waals surface area contributed by atoms with Crippen LogP contribution in [0.25, 0.3) is 0 Å². The van der Waals surface area contributed by atoms with Gasteiger partial charge in [0.1, 0.15) is 18.5 Å². The number of β-amino-alcohol motifs (C(OH)–C–C–N with tert-alkyl or cyclic N) is 1. The van der Waals surface area contributed by atoms with Crippen molar-refractivity contribution in [3.63, 3.8) is 0 Å². The molecule has 1 aliphatic rings. The lowest BCUT2D eigenvalue weighted by Gasteiger charge is -2.29. The average molecular weight is 275 g/mol. The molecule has 0 saturated carbocycles. The Morgan fingerprint density at radius 1 is 1.45 bits per heavy atom. The zero-order valence-electron chi connectivity index (χ0n) is 11.8. The third kappa shape index (κ3) is 4.20. The highest BCUT2D eigenvalue weighted by molar-refractivity contribution is 5.41. The molecule has 1 heterocycles. The Morgan fingerprint density at radius 3 is 2.90 bits per heavy atom. The van der Waals surface area contributed by atoms with Crippen LogP contribution in [-0.2, 0) is 0 Å². The molecule has 0 amide bonds. The maximum atomic E-state index is 10.0. The van der Waals surface area contributed by atoms with E-state index in [1.807, 2.05) is 13.0 Å². The highest BCUT2D eigenvalue weighted by Crippen LogP contribution is 2.19. The molecule has 2 rings (SSSR count). The summed E-state index contributed by atoms with van der Waals surface area (Å²) in [5, 5.41) is 22.2. The standard InChI is InChI=1S/C15H21N3O2/c1-12-2-3-13(9-16)8-15(12)20-11-14(19)10-18-6-4-17-5-7-18/h2-3,8,14,17,19H,4-7,10-11H2,1H3. The quantitative estimate of drug-likeness (QED) is 0.819. The van der Waals surface area contributed by atoms with Crippen LogP contribution in [0.3, 0.4) is 0 Å². The number of nitriles is 1. The second-order valence-corrected chi connectivity index (χ2v) is 5.11. The van der Waals surface area contributed by atoms with Crippen LogP contribution in [0.5, 0.6) is 5.75 Å². The van der Waals surface area contributed by atoms with Crippen LogP contribution in [-0.4, -0.2) is 55.4 Å². The fourth-order valence-electron chi connectivity index (χ4n) is 2.26. The fourth-order valence-corrected chi connectivity index (χ4v) is 2.26. The number of nitrogens with one attached hydrogen (secondary N) is 1. The fraction of sp³-hybridized carbons (Fsp3) is 0.533. The van der Waals surface area contributed by atoms with Gasteiger partial charge >= 0.3 is 0 Å². The van der Waals surface area contributed by atoms with Crippen molar-refractivity contribution in [1.82, 2.24) is 10.2 Å². The molecule has 0 aliphatic carbocycles. The lowest BCUT2D eigenvalue weighted by molar-refractivity contribution is 0.0639. The number of aliphatic hydroxyl groups excluding tert-OH is 1. The van der Waals surface area contributed by atoms with Crippen molar-refractivity contribution >= 4 is 0 Å². The van der Waals surface area contributed by atoms with Crippen LogP contribution in [0.2, 0.25) is 0 Å². The summed E-state index contributed by atoms with van der Waals surface area (Å²) >= 11 is 0. The van der Waals surface area contributed by atoms with Gasteiger partial charge in [0.15, 0.2) is 0 Å². The van der Waals surface area contributed by atoms with Crippen LogP contribution < -0.4 is 10.1 Å². The molecule has 20 heavy (non-hydrogen) atoms. The van der Waals surface area contributed by atoms with Crippen molar-refractivity contribution in [2.24, 2.45) is 0 Å². The predicted molar refractivity (Wildman–Crippen MR) is 76.7 cm³/mol. The van der Waals surface area contributed by atoms with Crippen LogP contribution >= 0.6 is 0 Å². The smallest absolute Gasteiger partial charge is 0.123 e. The van der Waals surface area contributed by atoms with Gasteiger partial charge in [-0.15, -0.1) is 0 Å². The summed E-state index contributed by atoms with van der Waals surface area (Å²) in [5.74, 6) is 0.670. The number of hydrogen-bond donors (Lipinski definition) is 2. The lowest BCUT2D eigenvalue weighted by atomic mass is 10.1. The molecule has 2 N–H and O–H groups in total. The molecular weight excluding hydrogens is 254 g/mol. The van der Waals surface area contributed by atoms with Gasteiger partial charge in [0, 0.05) is 32.7 Å². The predicted octanol–water partition coefficient (Wildman–Crippen LogP) is 0.512. The van der Waals surface area contributed by atoms with Crippen LogP contribution in [0.15, 0.2) is 18.2 Å². The van der Waals surface area contributed by atoms with Gasteiger partial charge in [-0.1, -0.05) is 6.07 Å². The molecule has 1 fully saturated rings. The summed E-state index contributed by atoms with van der Waals surface area (Å²) in [6.45, 7) is 6.66. The Hall–Kier alpha value is -1.61. The van der Waals surface area contributed by atoms with E-state index in [4.69, 9.17) is 10.00 Å². The molecule has 0 radical (unpaired) electrons. The number of benzene rings is 1. The number of aliphatic hydroxyl groups is 1. The molecule has 0 spiro atoms. The van der Waals surface area contributed by atoms with Crippen LogP contribution in [0.1, 0.15) is 11.1 Å². The average Bonchev–Trinajstić information content (AvgIpc) is 2.47. The van der Waals surface area contributed by atoms with E-state index in [2.05, 4.69) is 16.3 Å². The monoisotopic (exact) mass is 275 g/mol. The molecule has 0 bridgehead atoms. The Morgan fingerprint density at radius 2 is 2.20 bits per heavy atom. The van der Waals surface area contributed by atoms with Crippen molar-refractivity contribution in [2.45, 2.75) is 13.0 Å². The Balaban J connectivity index is 1.83. The van der Waals surface area contributed by atoms with Gasteiger partial charge in [-0.05, 0) is 24.6 Å². The Labute approximate surface area is 119 Å². The number of rotatable bonds is 5. The summed E-state index contributed by atoms with van der Waals surface area (Å²) in [6.07, 6.45) is -0.516. The summed E-state index contributed by atoms with van der Waals surface area (Å²) in [5.41, 5.74) is 1.54. The SMILES string of the molecule is Cc1ccc(C#N)cc1OCC(O)CN1CCNCC1. The number of ether oxygens (including phenoxy) is 1. The molecule has 1 atom stereocenters. The lowest BCUT2D eigenvalue weighted by Crippen LogP contribution is -2.47. The van der Waals surface area contributed by atoms with E-state index >= 15 is 0 Å². The third-order valence-corrected chi connectivity index (χ3v) is 3.43. The molecule has 0 aromatic heterocycles. The number of piperazine rings is 1. The topological polar surface area (TPSA) is 68.5 Å². The molecule has 1 saturated heterocycles. The van der Waals surface area contributed by atoms with E-state index in [0.717, 1.165) is 31.7 Å². The highest BCUT2D eigenvalue weighted by atomic mass is 16.5. The van der Waals surface area contributed by atoms with Gasteiger partial charge in [-0.25, -0.2) is 0 Å². The van der Waals surface area contributed by atoms with Gasteiger partial charge in [0.05, 0.1) is 11.6 Å². The zero-order valence-corrected chi connectivity index (χ0v) is 11.8. The van der Waals surface area contributed by atoms with Crippen molar-refractivity contribution in [3.8, 4) is 11.8 Å². The molecule has 108 valence electrons. The van der Waals surface area contributed by atoms with Gasteiger partial charge in [-0.3, -0.25) is 4.90 Å². The summed E-state index contributed by atoms with van der Waals surface area (Å²) in [6, 6.07) is 7.43. The first kappa shape index (κ1) is 14.8. The van der Waals surface area contributed by atoms with E-state index in [9.17, 15) is 5.11 Å². The number of hydrogen-bond acceptors (Lipinski definition) is 5.